The third kappa shape index (κ3) is 4.11. The molecule has 3 aliphatic rings. The lowest BCUT2D eigenvalue weighted by Crippen LogP contribution is -2.41. The number of ether oxygens (including phenoxy) is 4. The standard InChI is InChI=1S/C22H26O8/c1-6-15(11-27-14(4)23)20(25)29-17-10-21(5)7-8-22(26,30-21)12(2)9-16-18(17)13(3)19(24)28-16/h6-9,16-18,26H,3,10-11H2,1-2,4-5H3/b12-9-,15-6-/t16-,17-,18?,21+,22-/m1/s1. The van der Waals surface area contributed by atoms with E-state index in [1.54, 1.807) is 32.9 Å². The highest BCUT2D eigenvalue weighted by molar-refractivity contribution is 5.92. The molecule has 5 atom stereocenters. The number of aliphatic hydroxyl groups is 1. The molecule has 1 N–H and O–H groups in total. The van der Waals surface area contributed by atoms with E-state index < -0.39 is 47.4 Å². The molecule has 3 aliphatic heterocycles. The van der Waals surface area contributed by atoms with Crippen LogP contribution >= 0.6 is 0 Å². The first-order valence-electron chi connectivity index (χ1n) is 9.69. The number of carbonyl (C=O) groups is 3. The predicted octanol–water partition coefficient (Wildman–Crippen LogP) is 1.89. The van der Waals surface area contributed by atoms with E-state index in [9.17, 15) is 19.5 Å². The lowest BCUT2D eigenvalue weighted by atomic mass is 9.83. The van der Waals surface area contributed by atoms with Crippen molar-refractivity contribution in [3.8, 4) is 0 Å². The fourth-order valence-electron chi connectivity index (χ4n) is 3.87. The molecule has 1 fully saturated rings. The van der Waals surface area contributed by atoms with E-state index in [1.807, 2.05) is 0 Å². The summed E-state index contributed by atoms with van der Waals surface area (Å²) in [5.74, 6) is -4.08. The smallest absolute Gasteiger partial charge is 0.337 e. The second-order valence-corrected chi connectivity index (χ2v) is 7.96. The number of esters is 3. The summed E-state index contributed by atoms with van der Waals surface area (Å²) >= 11 is 0. The van der Waals surface area contributed by atoms with Gasteiger partial charge < -0.3 is 24.1 Å². The second-order valence-electron chi connectivity index (χ2n) is 7.96. The maximum Gasteiger partial charge on any atom is 0.337 e. The molecule has 1 saturated heterocycles. The first-order valence-corrected chi connectivity index (χ1v) is 9.69. The van der Waals surface area contributed by atoms with Crippen LogP contribution in [0.2, 0.25) is 0 Å². The number of hydrogen-bond acceptors (Lipinski definition) is 8. The van der Waals surface area contributed by atoms with Gasteiger partial charge >= 0.3 is 17.9 Å². The molecule has 8 nitrogen and oxygen atoms in total. The van der Waals surface area contributed by atoms with Crippen molar-refractivity contribution in [2.45, 2.75) is 57.7 Å². The van der Waals surface area contributed by atoms with Crippen molar-refractivity contribution < 1.29 is 38.4 Å². The van der Waals surface area contributed by atoms with Gasteiger partial charge in [-0.1, -0.05) is 18.7 Å². The molecule has 0 radical (unpaired) electrons. The molecule has 3 rings (SSSR count). The molecule has 1 unspecified atom stereocenters. The highest BCUT2D eigenvalue weighted by atomic mass is 16.6. The molecule has 0 aromatic carbocycles. The summed E-state index contributed by atoms with van der Waals surface area (Å²) in [7, 11) is 0. The van der Waals surface area contributed by atoms with Crippen molar-refractivity contribution in [2.24, 2.45) is 5.92 Å². The maximum absolute atomic E-state index is 12.8. The highest BCUT2D eigenvalue weighted by Gasteiger charge is 2.52. The van der Waals surface area contributed by atoms with Gasteiger partial charge in [-0.05, 0) is 38.5 Å². The minimum Gasteiger partial charge on any atom is -0.461 e. The molecule has 0 saturated carbocycles. The zero-order chi connectivity index (χ0) is 22.3. The Labute approximate surface area is 174 Å². The summed E-state index contributed by atoms with van der Waals surface area (Å²) in [4.78, 5) is 36.1. The van der Waals surface area contributed by atoms with E-state index >= 15 is 0 Å². The van der Waals surface area contributed by atoms with Crippen LogP contribution in [0.3, 0.4) is 0 Å². The largest absolute Gasteiger partial charge is 0.461 e. The SMILES string of the molecule is C=C1C(=O)O[C@@H]2/C=C(/C)[C@@]3(O)C=C[C@@](C)(C[C@@H](OC(=O)/C(=C\C)COC(C)=O)C12)O3. The van der Waals surface area contributed by atoms with Crippen molar-refractivity contribution in [1.29, 1.82) is 0 Å². The van der Waals surface area contributed by atoms with Gasteiger partial charge in [0.15, 0.2) is 0 Å². The van der Waals surface area contributed by atoms with Gasteiger partial charge in [-0.2, -0.15) is 0 Å². The van der Waals surface area contributed by atoms with Crippen LogP contribution in [0.25, 0.3) is 0 Å². The van der Waals surface area contributed by atoms with Gasteiger partial charge in [0.1, 0.15) is 18.8 Å². The number of hydrogen-bond donors (Lipinski definition) is 1. The number of rotatable bonds is 4. The first-order chi connectivity index (χ1) is 14.0. The first kappa shape index (κ1) is 22.0. The van der Waals surface area contributed by atoms with Crippen LogP contribution in [-0.2, 0) is 33.3 Å². The van der Waals surface area contributed by atoms with Crippen molar-refractivity contribution in [3.05, 3.63) is 47.6 Å². The van der Waals surface area contributed by atoms with Crippen LogP contribution in [0, 0.1) is 5.92 Å². The monoisotopic (exact) mass is 418 g/mol. The Kier molecular flexibility index (Phi) is 5.75. The molecular weight excluding hydrogens is 392 g/mol. The van der Waals surface area contributed by atoms with Crippen molar-refractivity contribution >= 4 is 17.9 Å². The van der Waals surface area contributed by atoms with E-state index in [0.717, 1.165) is 0 Å². The molecule has 0 amide bonds. The number of allylic oxidation sites excluding steroid dienone is 1. The normalized spacial score (nSPS) is 37.3. The van der Waals surface area contributed by atoms with Gasteiger partial charge in [0.2, 0.25) is 5.79 Å². The molecule has 0 aromatic rings. The van der Waals surface area contributed by atoms with Gasteiger partial charge in [0, 0.05) is 18.9 Å². The van der Waals surface area contributed by atoms with Gasteiger partial charge in [0.05, 0.1) is 17.1 Å². The van der Waals surface area contributed by atoms with Gasteiger partial charge in [-0.3, -0.25) is 4.79 Å². The Morgan fingerprint density at radius 3 is 2.73 bits per heavy atom. The summed E-state index contributed by atoms with van der Waals surface area (Å²) in [5.41, 5.74) is -0.160. The van der Waals surface area contributed by atoms with E-state index in [0.29, 0.717) is 5.57 Å². The van der Waals surface area contributed by atoms with Gasteiger partial charge in [0.25, 0.3) is 0 Å². The maximum atomic E-state index is 12.8. The van der Waals surface area contributed by atoms with Crippen LogP contribution in [0.4, 0.5) is 0 Å². The van der Waals surface area contributed by atoms with Gasteiger partial charge in [-0.15, -0.1) is 0 Å². The number of fused-ring (bicyclic) bond motifs is 3. The Morgan fingerprint density at radius 2 is 2.10 bits per heavy atom. The fourth-order valence-corrected chi connectivity index (χ4v) is 3.87. The average molecular weight is 418 g/mol. The average Bonchev–Trinajstić information content (AvgIpc) is 3.11. The number of carbonyl (C=O) groups excluding carboxylic acids is 3. The summed E-state index contributed by atoms with van der Waals surface area (Å²) in [6, 6.07) is 0. The lowest BCUT2D eigenvalue weighted by molar-refractivity contribution is -0.188. The third-order valence-electron chi connectivity index (χ3n) is 5.60. The van der Waals surface area contributed by atoms with Crippen LogP contribution in [-0.4, -0.2) is 53.2 Å². The molecule has 0 aliphatic carbocycles. The van der Waals surface area contributed by atoms with Crippen LogP contribution < -0.4 is 0 Å². The van der Waals surface area contributed by atoms with Crippen LogP contribution in [0.15, 0.2) is 47.6 Å². The molecule has 0 spiro atoms. The van der Waals surface area contributed by atoms with Crippen LogP contribution in [0.5, 0.6) is 0 Å². The molecular formula is C22H26O8. The molecule has 2 bridgehead atoms. The van der Waals surface area contributed by atoms with E-state index in [1.165, 1.54) is 19.1 Å². The Hall–Kier alpha value is -2.71. The molecule has 0 aromatic heterocycles. The van der Waals surface area contributed by atoms with Gasteiger partial charge in [-0.25, -0.2) is 9.59 Å². The Morgan fingerprint density at radius 1 is 1.40 bits per heavy atom. The lowest BCUT2D eigenvalue weighted by Gasteiger charge is -2.33. The van der Waals surface area contributed by atoms with Crippen molar-refractivity contribution in [2.75, 3.05) is 6.61 Å². The van der Waals surface area contributed by atoms with E-state index in [2.05, 4.69) is 6.58 Å². The predicted molar refractivity (Wildman–Crippen MR) is 105 cm³/mol. The minimum atomic E-state index is -1.64. The fraction of sp³-hybridized carbons (Fsp3) is 0.500. The zero-order valence-corrected chi connectivity index (χ0v) is 17.5. The second kappa shape index (κ2) is 7.85. The summed E-state index contributed by atoms with van der Waals surface area (Å²) in [6.45, 7) is 9.90. The van der Waals surface area contributed by atoms with E-state index in [4.69, 9.17) is 18.9 Å². The minimum absolute atomic E-state index is 0.153. The van der Waals surface area contributed by atoms with E-state index in [-0.39, 0.29) is 24.2 Å². The zero-order valence-electron chi connectivity index (χ0n) is 17.5. The Bertz CT molecular complexity index is 882. The highest BCUT2D eigenvalue weighted by Crippen LogP contribution is 2.44. The summed E-state index contributed by atoms with van der Waals surface area (Å²) in [6.07, 6.45) is 4.88. The molecule has 8 heteroatoms. The third-order valence-corrected chi connectivity index (χ3v) is 5.60. The molecule has 3 heterocycles. The Balaban J connectivity index is 1.94. The van der Waals surface area contributed by atoms with Crippen LogP contribution in [0.1, 0.15) is 34.1 Å². The van der Waals surface area contributed by atoms with Crippen molar-refractivity contribution in [1.82, 2.24) is 0 Å². The molecule has 162 valence electrons. The summed E-state index contributed by atoms with van der Waals surface area (Å²) < 4.78 is 22.0. The van der Waals surface area contributed by atoms with Crippen molar-refractivity contribution in [3.63, 3.8) is 0 Å². The molecule has 30 heavy (non-hydrogen) atoms. The quantitative estimate of drug-likeness (QED) is 0.319. The summed E-state index contributed by atoms with van der Waals surface area (Å²) in [5, 5.41) is 10.8. The topological polar surface area (TPSA) is 108 Å².